The van der Waals surface area contributed by atoms with Crippen LogP contribution >= 0.6 is 23.4 Å². The van der Waals surface area contributed by atoms with Crippen LogP contribution in [0.4, 0.5) is 0 Å². The van der Waals surface area contributed by atoms with Crippen LogP contribution in [0.2, 0.25) is 5.02 Å². The summed E-state index contributed by atoms with van der Waals surface area (Å²) in [7, 11) is 0. The van der Waals surface area contributed by atoms with Gasteiger partial charge in [-0.2, -0.15) is 0 Å². The number of halogens is 1. The van der Waals surface area contributed by atoms with Crippen molar-refractivity contribution in [3.8, 4) is 0 Å². The van der Waals surface area contributed by atoms with E-state index < -0.39 is 5.60 Å². The first-order chi connectivity index (χ1) is 7.65. The van der Waals surface area contributed by atoms with E-state index >= 15 is 0 Å². The molecule has 0 radical (unpaired) electrons. The van der Waals surface area contributed by atoms with Gasteiger partial charge in [0.2, 0.25) is 0 Å². The second kappa shape index (κ2) is 3.94. The molecule has 0 atom stereocenters. The van der Waals surface area contributed by atoms with E-state index in [0.29, 0.717) is 0 Å². The Morgan fingerprint density at radius 2 is 2.12 bits per heavy atom. The predicted octanol–water partition coefficient (Wildman–Crippen LogP) is 3.66. The number of hydrogen-bond acceptors (Lipinski definition) is 2. The molecule has 1 aromatic rings. The van der Waals surface area contributed by atoms with Gasteiger partial charge in [-0.1, -0.05) is 17.7 Å². The molecule has 3 heteroatoms. The number of hydrogen-bond donors (Lipinski definition) is 1. The molecule has 86 valence electrons. The lowest BCUT2D eigenvalue weighted by molar-refractivity contribution is 0.151. The fourth-order valence-electron chi connectivity index (χ4n) is 1.82. The van der Waals surface area contributed by atoms with E-state index in [2.05, 4.69) is 12.1 Å². The van der Waals surface area contributed by atoms with E-state index in [1.165, 1.54) is 17.7 Å². The zero-order valence-electron chi connectivity index (χ0n) is 9.08. The van der Waals surface area contributed by atoms with Crippen LogP contribution in [0.15, 0.2) is 23.1 Å². The molecule has 2 saturated carbocycles. The van der Waals surface area contributed by atoms with Gasteiger partial charge in [0.25, 0.3) is 0 Å². The van der Waals surface area contributed by atoms with E-state index in [1.807, 2.05) is 17.8 Å². The third-order valence-electron chi connectivity index (χ3n) is 3.17. The van der Waals surface area contributed by atoms with Crippen LogP contribution < -0.4 is 0 Å². The van der Waals surface area contributed by atoms with E-state index in [4.69, 9.17) is 11.6 Å². The second-order valence-electron chi connectivity index (χ2n) is 4.98. The Kier molecular flexibility index (Phi) is 2.69. The highest BCUT2D eigenvalue weighted by Gasteiger charge is 2.40. The molecule has 0 amide bonds. The van der Waals surface area contributed by atoms with Crippen molar-refractivity contribution in [3.63, 3.8) is 0 Å². The van der Waals surface area contributed by atoms with Crippen LogP contribution in [0, 0.1) is 0 Å². The predicted molar refractivity (Wildman–Crippen MR) is 68.2 cm³/mol. The molecule has 2 aliphatic rings. The monoisotopic (exact) mass is 254 g/mol. The molecule has 16 heavy (non-hydrogen) atoms. The van der Waals surface area contributed by atoms with Crippen LogP contribution in [-0.2, 0) is 6.42 Å². The van der Waals surface area contributed by atoms with Gasteiger partial charge in [-0.25, -0.2) is 0 Å². The molecule has 3 rings (SSSR count). The van der Waals surface area contributed by atoms with Gasteiger partial charge in [-0.15, -0.1) is 11.8 Å². The maximum Gasteiger partial charge on any atom is 0.0690 e. The molecule has 0 unspecified atom stereocenters. The minimum Gasteiger partial charge on any atom is -0.390 e. The maximum absolute atomic E-state index is 9.85. The third kappa shape index (κ3) is 2.55. The average Bonchev–Trinajstić information content (AvgIpc) is 3.11. The van der Waals surface area contributed by atoms with Crippen molar-refractivity contribution in [2.45, 2.75) is 47.9 Å². The van der Waals surface area contributed by atoms with Crippen LogP contribution in [-0.4, -0.2) is 16.0 Å². The third-order valence-corrected chi connectivity index (χ3v) is 5.01. The Morgan fingerprint density at radius 3 is 2.69 bits per heavy atom. The Hall–Kier alpha value is -0.180. The fraction of sp³-hybridized carbons (Fsp3) is 0.538. The standard InChI is InChI=1S/C13H15ClOS/c14-11-7-9(8-13(15)5-6-13)1-4-12(11)16-10-2-3-10/h1,4,7,10,15H,2-3,5-6,8H2. The maximum atomic E-state index is 9.85. The average molecular weight is 255 g/mol. The van der Waals surface area contributed by atoms with Crippen LogP contribution in [0.3, 0.4) is 0 Å². The minimum atomic E-state index is -0.422. The molecule has 0 aromatic heterocycles. The summed E-state index contributed by atoms with van der Waals surface area (Å²) in [5, 5.41) is 11.5. The molecular weight excluding hydrogens is 240 g/mol. The second-order valence-corrected chi connectivity index (χ2v) is 6.73. The van der Waals surface area contributed by atoms with Crippen molar-refractivity contribution in [1.29, 1.82) is 0 Å². The molecule has 0 heterocycles. The van der Waals surface area contributed by atoms with Crippen LogP contribution in [0.25, 0.3) is 0 Å². The normalized spacial score (nSPS) is 22.1. The molecule has 0 aliphatic heterocycles. The molecule has 2 fully saturated rings. The summed E-state index contributed by atoms with van der Waals surface area (Å²) in [5.74, 6) is 0. The van der Waals surface area contributed by atoms with Crippen molar-refractivity contribution < 1.29 is 5.11 Å². The number of benzene rings is 1. The zero-order valence-corrected chi connectivity index (χ0v) is 10.7. The van der Waals surface area contributed by atoms with Gasteiger partial charge in [0.05, 0.1) is 10.6 Å². The topological polar surface area (TPSA) is 20.2 Å². The summed E-state index contributed by atoms with van der Waals surface area (Å²) in [6.07, 6.45) is 5.26. The minimum absolute atomic E-state index is 0.422. The van der Waals surface area contributed by atoms with Crippen molar-refractivity contribution in [2.75, 3.05) is 0 Å². The van der Waals surface area contributed by atoms with Crippen molar-refractivity contribution in [3.05, 3.63) is 28.8 Å². The van der Waals surface area contributed by atoms with Gasteiger partial charge < -0.3 is 5.11 Å². The van der Waals surface area contributed by atoms with E-state index in [0.717, 1.165) is 35.1 Å². The van der Waals surface area contributed by atoms with Gasteiger partial charge in [-0.05, 0) is 43.4 Å². The zero-order chi connectivity index (χ0) is 11.2. The van der Waals surface area contributed by atoms with Gasteiger partial charge in [0, 0.05) is 16.6 Å². The highest BCUT2D eigenvalue weighted by atomic mass is 35.5. The Labute approximate surface area is 105 Å². The molecule has 0 saturated heterocycles. The quantitative estimate of drug-likeness (QED) is 0.885. The Bertz CT molecular complexity index is 410. The van der Waals surface area contributed by atoms with Gasteiger partial charge in [0.1, 0.15) is 0 Å². The van der Waals surface area contributed by atoms with Crippen LogP contribution in [0.5, 0.6) is 0 Å². The van der Waals surface area contributed by atoms with Crippen molar-refractivity contribution in [2.24, 2.45) is 0 Å². The van der Waals surface area contributed by atoms with Gasteiger partial charge in [-0.3, -0.25) is 0 Å². The molecule has 1 N–H and O–H groups in total. The van der Waals surface area contributed by atoms with Gasteiger partial charge in [0.15, 0.2) is 0 Å². The Balaban J connectivity index is 1.73. The smallest absolute Gasteiger partial charge is 0.0690 e. The summed E-state index contributed by atoms with van der Waals surface area (Å²) in [4.78, 5) is 1.19. The summed E-state index contributed by atoms with van der Waals surface area (Å²) < 4.78 is 0. The lowest BCUT2D eigenvalue weighted by atomic mass is 10.1. The first kappa shape index (κ1) is 10.9. The SMILES string of the molecule is OC1(Cc2ccc(SC3CC3)c(Cl)c2)CC1. The van der Waals surface area contributed by atoms with Crippen molar-refractivity contribution in [1.82, 2.24) is 0 Å². The largest absolute Gasteiger partial charge is 0.390 e. The Morgan fingerprint density at radius 1 is 1.38 bits per heavy atom. The number of aliphatic hydroxyl groups is 1. The number of thioether (sulfide) groups is 1. The van der Waals surface area contributed by atoms with E-state index in [1.54, 1.807) is 0 Å². The molecular formula is C13H15ClOS. The first-order valence-electron chi connectivity index (χ1n) is 5.82. The van der Waals surface area contributed by atoms with Crippen LogP contribution in [0.1, 0.15) is 31.2 Å². The molecule has 1 nitrogen and oxygen atoms in total. The van der Waals surface area contributed by atoms with Gasteiger partial charge >= 0.3 is 0 Å². The summed E-state index contributed by atoms with van der Waals surface area (Å²) >= 11 is 8.13. The fourth-order valence-corrected chi connectivity index (χ4v) is 3.20. The van der Waals surface area contributed by atoms with E-state index in [-0.39, 0.29) is 0 Å². The summed E-state index contributed by atoms with van der Waals surface area (Å²) in [6.45, 7) is 0. The highest BCUT2D eigenvalue weighted by Crippen LogP contribution is 2.43. The number of rotatable bonds is 4. The molecule has 0 bridgehead atoms. The highest BCUT2D eigenvalue weighted by molar-refractivity contribution is 8.00. The lowest BCUT2D eigenvalue weighted by Gasteiger charge is -2.09. The molecule has 1 aromatic carbocycles. The van der Waals surface area contributed by atoms with E-state index in [9.17, 15) is 5.11 Å². The summed E-state index contributed by atoms with van der Waals surface area (Å²) in [5.41, 5.74) is 0.735. The summed E-state index contributed by atoms with van der Waals surface area (Å²) in [6, 6.07) is 6.22. The molecule has 2 aliphatic carbocycles. The lowest BCUT2D eigenvalue weighted by Crippen LogP contribution is -2.10. The first-order valence-corrected chi connectivity index (χ1v) is 7.08. The molecule has 0 spiro atoms. The van der Waals surface area contributed by atoms with Crippen molar-refractivity contribution >= 4 is 23.4 Å².